The van der Waals surface area contributed by atoms with Gasteiger partial charge in [-0.05, 0) is 43.4 Å². The van der Waals surface area contributed by atoms with Crippen molar-refractivity contribution in [3.05, 3.63) is 40.4 Å². The Morgan fingerprint density at radius 2 is 1.80 bits per heavy atom. The summed E-state index contributed by atoms with van der Waals surface area (Å²) < 4.78 is 40.6. The van der Waals surface area contributed by atoms with Crippen LogP contribution in [0.4, 0.5) is 13.2 Å². The fourth-order valence-electron chi connectivity index (χ4n) is 1.73. The lowest BCUT2D eigenvalue weighted by molar-refractivity contribution is -0.146. The van der Waals surface area contributed by atoms with Crippen LogP contribution in [0.15, 0.2) is 24.3 Å². The van der Waals surface area contributed by atoms with E-state index in [1.54, 1.807) is 0 Å². The van der Waals surface area contributed by atoms with Crippen LogP contribution in [0.5, 0.6) is 0 Å². The van der Waals surface area contributed by atoms with E-state index in [2.05, 4.69) is 5.10 Å². The molecule has 2 aromatic rings. The summed E-state index contributed by atoms with van der Waals surface area (Å²) in [7, 11) is 1.35. The van der Waals surface area contributed by atoms with Gasteiger partial charge in [-0.1, -0.05) is 0 Å². The minimum atomic E-state index is -4.62. The number of benzene rings is 1. The molecular weight excluding hydrogens is 291 g/mol. The molecule has 0 amide bonds. The molecule has 106 valence electrons. The Hall–Kier alpha value is -1.96. The molecule has 1 heterocycles. The van der Waals surface area contributed by atoms with E-state index in [4.69, 9.17) is 12.2 Å². The third kappa shape index (κ3) is 2.51. The Morgan fingerprint density at radius 1 is 1.25 bits per heavy atom. The fourth-order valence-corrected chi connectivity index (χ4v) is 1.96. The molecule has 0 N–H and O–H groups in total. The topological polar surface area (TPSA) is 39.8 Å². The van der Waals surface area contributed by atoms with E-state index in [0.717, 1.165) is 9.25 Å². The number of rotatable bonds is 2. The Kier molecular flexibility index (Phi) is 3.51. The Balaban J connectivity index is 2.63. The number of carbonyl (C=O) groups excluding carboxylic acids is 1. The molecule has 0 aliphatic rings. The Labute approximate surface area is 117 Å². The van der Waals surface area contributed by atoms with Gasteiger partial charge in [0.05, 0.1) is 5.69 Å². The molecule has 0 radical (unpaired) electrons. The minimum absolute atomic E-state index is 0.0760. The third-order valence-electron chi connectivity index (χ3n) is 2.71. The first-order valence-electron chi connectivity index (χ1n) is 5.56. The monoisotopic (exact) mass is 301 g/mol. The summed E-state index contributed by atoms with van der Waals surface area (Å²) in [5.41, 5.74) is 0.623. The smallest absolute Gasteiger partial charge is 0.295 e. The zero-order valence-electron chi connectivity index (χ0n) is 10.6. The van der Waals surface area contributed by atoms with Crippen molar-refractivity contribution in [1.29, 1.82) is 0 Å². The molecule has 1 aromatic carbocycles. The van der Waals surface area contributed by atoms with Crippen LogP contribution >= 0.6 is 12.2 Å². The number of aryl methyl sites for hydroxylation is 1. The number of alkyl halides is 3. The van der Waals surface area contributed by atoms with Crippen LogP contribution in [0, 0.1) is 4.77 Å². The van der Waals surface area contributed by atoms with Crippen LogP contribution in [0.2, 0.25) is 0 Å². The van der Waals surface area contributed by atoms with Crippen molar-refractivity contribution in [1.82, 2.24) is 14.3 Å². The van der Waals surface area contributed by atoms with E-state index in [1.807, 2.05) is 0 Å². The summed E-state index contributed by atoms with van der Waals surface area (Å²) in [6, 6.07) is 5.71. The molecule has 20 heavy (non-hydrogen) atoms. The van der Waals surface area contributed by atoms with Crippen molar-refractivity contribution in [3.63, 3.8) is 0 Å². The maximum atomic E-state index is 12.9. The maximum absolute atomic E-state index is 12.9. The molecule has 0 saturated heterocycles. The first kappa shape index (κ1) is 14.4. The van der Waals surface area contributed by atoms with Gasteiger partial charge in [-0.15, -0.1) is 5.10 Å². The minimum Gasteiger partial charge on any atom is -0.295 e. The van der Waals surface area contributed by atoms with Gasteiger partial charge in [0.25, 0.3) is 0 Å². The van der Waals surface area contributed by atoms with Gasteiger partial charge in [0.1, 0.15) is 0 Å². The van der Waals surface area contributed by atoms with Gasteiger partial charge in [-0.3, -0.25) is 9.36 Å². The molecule has 4 nitrogen and oxygen atoms in total. The summed E-state index contributed by atoms with van der Waals surface area (Å²) >= 11 is 4.95. The SMILES string of the molecule is CC(=O)c1ccc(-n2c(C(F)(F)F)nn(C)c2=S)cc1. The predicted molar refractivity (Wildman–Crippen MR) is 68.4 cm³/mol. The van der Waals surface area contributed by atoms with Crippen molar-refractivity contribution in [2.75, 3.05) is 0 Å². The van der Waals surface area contributed by atoms with E-state index >= 15 is 0 Å². The molecule has 0 saturated carbocycles. The molecule has 0 unspecified atom stereocenters. The lowest BCUT2D eigenvalue weighted by Gasteiger charge is -2.09. The Bertz CT molecular complexity index is 713. The van der Waals surface area contributed by atoms with E-state index in [9.17, 15) is 18.0 Å². The van der Waals surface area contributed by atoms with E-state index in [-0.39, 0.29) is 16.2 Å². The van der Waals surface area contributed by atoms with Crippen LogP contribution < -0.4 is 0 Å². The summed E-state index contributed by atoms with van der Waals surface area (Å²) in [5, 5.41) is 3.40. The Morgan fingerprint density at radius 3 is 2.25 bits per heavy atom. The zero-order valence-corrected chi connectivity index (χ0v) is 11.4. The van der Waals surface area contributed by atoms with Gasteiger partial charge < -0.3 is 0 Å². The normalized spacial score (nSPS) is 11.7. The predicted octanol–water partition coefficient (Wildman–Crippen LogP) is 3.16. The van der Waals surface area contributed by atoms with Crippen molar-refractivity contribution in [2.24, 2.45) is 7.05 Å². The molecule has 2 rings (SSSR count). The summed E-state index contributed by atoms with van der Waals surface area (Å²) in [6.45, 7) is 1.38. The number of halogens is 3. The second-order valence-electron chi connectivity index (χ2n) is 4.17. The number of hydrogen-bond acceptors (Lipinski definition) is 3. The molecule has 0 atom stereocenters. The second kappa shape index (κ2) is 4.86. The molecule has 0 fully saturated rings. The van der Waals surface area contributed by atoms with Gasteiger partial charge in [0.15, 0.2) is 5.78 Å². The standard InChI is InChI=1S/C12H10F3N3OS/c1-7(19)8-3-5-9(6-4-8)18-10(12(13,14)15)16-17(2)11(18)20/h3-6H,1-2H3. The molecule has 0 spiro atoms. The first-order chi connectivity index (χ1) is 9.21. The lowest BCUT2D eigenvalue weighted by atomic mass is 10.1. The number of Topliss-reactive ketones (excluding diaryl/α,β-unsaturated/α-hetero) is 1. The van der Waals surface area contributed by atoms with Gasteiger partial charge in [0, 0.05) is 12.6 Å². The average molecular weight is 301 g/mol. The summed E-state index contributed by atoms with van der Waals surface area (Å²) in [6.07, 6.45) is -4.62. The molecule has 0 aliphatic carbocycles. The van der Waals surface area contributed by atoms with Crippen LogP contribution in [0.25, 0.3) is 5.69 Å². The number of carbonyl (C=O) groups is 1. The maximum Gasteiger partial charge on any atom is 0.452 e. The van der Waals surface area contributed by atoms with Crippen LogP contribution in [0.1, 0.15) is 23.1 Å². The van der Waals surface area contributed by atoms with Gasteiger partial charge in [-0.25, -0.2) is 4.68 Å². The van der Waals surface area contributed by atoms with Crippen molar-refractivity contribution < 1.29 is 18.0 Å². The summed E-state index contributed by atoms with van der Waals surface area (Å²) in [4.78, 5) is 11.2. The zero-order chi connectivity index (χ0) is 15.1. The lowest BCUT2D eigenvalue weighted by Crippen LogP contribution is -2.14. The fraction of sp³-hybridized carbons (Fsp3) is 0.250. The van der Waals surface area contributed by atoms with Gasteiger partial charge >= 0.3 is 6.18 Å². The highest BCUT2D eigenvalue weighted by molar-refractivity contribution is 7.71. The molecule has 0 aliphatic heterocycles. The van der Waals surface area contributed by atoms with E-state index < -0.39 is 12.0 Å². The van der Waals surface area contributed by atoms with Gasteiger partial charge in [0.2, 0.25) is 10.6 Å². The van der Waals surface area contributed by atoms with Crippen LogP contribution in [-0.2, 0) is 13.2 Å². The number of aromatic nitrogens is 3. The number of hydrogen-bond donors (Lipinski definition) is 0. The highest BCUT2D eigenvalue weighted by Crippen LogP contribution is 2.30. The highest BCUT2D eigenvalue weighted by Gasteiger charge is 2.38. The summed E-state index contributed by atoms with van der Waals surface area (Å²) in [5.74, 6) is -1.26. The quantitative estimate of drug-likeness (QED) is 0.632. The average Bonchev–Trinajstić information content (AvgIpc) is 2.66. The first-order valence-corrected chi connectivity index (χ1v) is 5.97. The van der Waals surface area contributed by atoms with Crippen molar-refractivity contribution in [2.45, 2.75) is 13.1 Å². The van der Waals surface area contributed by atoms with Crippen molar-refractivity contribution >= 4 is 18.0 Å². The third-order valence-corrected chi connectivity index (χ3v) is 3.16. The molecular formula is C12H10F3N3OS. The van der Waals surface area contributed by atoms with Crippen molar-refractivity contribution in [3.8, 4) is 5.69 Å². The highest BCUT2D eigenvalue weighted by atomic mass is 32.1. The van der Waals surface area contributed by atoms with Gasteiger partial charge in [-0.2, -0.15) is 13.2 Å². The van der Waals surface area contributed by atoms with Crippen LogP contribution in [-0.4, -0.2) is 20.1 Å². The molecule has 0 bridgehead atoms. The van der Waals surface area contributed by atoms with E-state index in [1.165, 1.54) is 38.2 Å². The largest absolute Gasteiger partial charge is 0.452 e. The molecule has 1 aromatic heterocycles. The number of ketones is 1. The number of nitrogens with zero attached hydrogens (tertiary/aromatic N) is 3. The van der Waals surface area contributed by atoms with Crippen LogP contribution in [0.3, 0.4) is 0 Å². The van der Waals surface area contributed by atoms with E-state index in [0.29, 0.717) is 5.56 Å². The molecule has 8 heteroatoms. The second-order valence-corrected chi connectivity index (χ2v) is 4.53.